The van der Waals surface area contributed by atoms with Crippen LogP contribution in [0.2, 0.25) is 0 Å². The smallest absolute Gasteiger partial charge is 0.127 e. The van der Waals surface area contributed by atoms with E-state index in [9.17, 15) is 5.11 Å². The van der Waals surface area contributed by atoms with Crippen LogP contribution in [0.1, 0.15) is 35.3 Å². The lowest BCUT2D eigenvalue weighted by molar-refractivity contribution is 0.0656. The van der Waals surface area contributed by atoms with Crippen molar-refractivity contribution in [3.05, 3.63) is 62.0 Å². The molecule has 0 bridgehead atoms. The summed E-state index contributed by atoms with van der Waals surface area (Å²) in [7, 11) is 0. The van der Waals surface area contributed by atoms with Crippen molar-refractivity contribution < 1.29 is 9.84 Å². The molecule has 0 amide bonds. The van der Waals surface area contributed by atoms with Crippen molar-refractivity contribution in [2.45, 2.75) is 25.6 Å². The van der Waals surface area contributed by atoms with E-state index in [0.717, 1.165) is 25.8 Å². The first-order chi connectivity index (χ1) is 9.54. The van der Waals surface area contributed by atoms with Crippen molar-refractivity contribution in [1.82, 2.24) is 0 Å². The number of halogens is 2. The van der Waals surface area contributed by atoms with E-state index in [1.54, 1.807) is 0 Å². The first kappa shape index (κ1) is 14.1. The average molecular weight is 398 g/mol. The molecule has 0 radical (unpaired) electrons. The van der Waals surface area contributed by atoms with Crippen LogP contribution in [0.15, 0.2) is 45.3 Å². The molecule has 0 saturated carbocycles. The summed E-state index contributed by atoms with van der Waals surface area (Å²) in [4.78, 5) is 0. The predicted molar refractivity (Wildman–Crippen MR) is 86.0 cm³/mol. The Kier molecular flexibility index (Phi) is 3.89. The maximum atomic E-state index is 10.3. The molecule has 20 heavy (non-hydrogen) atoms. The molecule has 2 unspecified atom stereocenters. The lowest BCUT2D eigenvalue weighted by Gasteiger charge is -2.30. The predicted octanol–water partition coefficient (Wildman–Crippen LogP) is 5.08. The number of benzene rings is 2. The third kappa shape index (κ3) is 2.65. The quantitative estimate of drug-likeness (QED) is 0.727. The minimum absolute atomic E-state index is 0.115. The molecule has 1 heterocycles. The number of hydrogen-bond acceptors (Lipinski definition) is 2. The van der Waals surface area contributed by atoms with Crippen molar-refractivity contribution in [3.63, 3.8) is 0 Å². The zero-order chi connectivity index (χ0) is 14.3. The summed E-state index contributed by atoms with van der Waals surface area (Å²) in [5, 5.41) is 10.3. The molecule has 1 N–H and O–H groups in total. The lowest BCUT2D eigenvalue weighted by atomic mass is 9.95. The zero-order valence-corrected chi connectivity index (χ0v) is 14.1. The third-order valence-corrected chi connectivity index (χ3v) is 4.95. The Morgan fingerprint density at radius 3 is 2.70 bits per heavy atom. The Balaban J connectivity index is 1.94. The molecule has 3 rings (SSSR count). The molecule has 2 aromatic rings. The number of aliphatic hydroxyl groups excluding tert-OH is 1. The Morgan fingerprint density at radius 1 is 1.15 bits per heavy atom. The van der Waals surface area contributed by atoms with Crippen LogP contribution in [0.3, 0.4) is 0 Å². The maximum absolute atomic E-state index is 10.3. The van der Waals surface area contributed by atoms with E-state index in [2.05, 4.69) is 57.0 Å². The number of aliphatic hydroxyl groups is 1. The van der Waals surface area contributed by atoms with Crippen molar-refractivity contribution in [2.75, 3.05) is 0 Å². The van der Waals surface area contributed by atoms with Crippen molar-refractivity contribution >= 4 is 31.9 Å². The first-order valence-corrected chi connectivity index (χ1v) is 8.03. The van der Waals surface area contributed by atoms with Gasteiger partial charge in [-0.2, -0.15) is 0 Å². The van der Waals surface area contributed by atoms with Gasteiger partial charge in [-0.25, -0.2) is 0 Å². The Bertz CT molecular complexity index is 655. The molecule has 0 spiro atoms. The van der Waals surface area contributed by atoms with Crippen LogP contribution in [-0.2, 0) is 0 Å². The summed E-state index contributed by atoms with van der Waals surface area (Å²) in [5.41, 5.74) is 3.12. The minimum Gasteiger partial charge on any atom is -0.485 e. The fourth-order valence-corrected chi connectivity index (χ4v) is 3.21. The van der Waals surface area contributed by atoms with E-state index in [0.29, 0.717) is 6.42 Å². The first-order valence-electron chi connectivity index (χ1n) is 6.45. The summed E-state index contributed by atoms with van der Waals surface area (Å²) < 4.78 is 8.06. The fourth-order valence-electron chi connectivity index (χ4n) is 2.43. The normalized spacial score (nSPS) is 21.2. The van der Waals surface area contributed by atoms with Crippen LogP contribution in [0.25, 0.3) is 0 Å². The Morgan fingerprint density at radius 2 is 1.95 bits per heavy atom. The molecule has 0 aromatic heterocycles. The molecule has 4 heteroatoms. The summed E-state index contributed by atoms with van der Waals surface area (Å²) in [5.74, 6) is 0.758. The van der Waals surface area contributed by atoms with Gasteiger partial charge in [0.15, 0.2) is 0 Å². The summed E-state index contributed by atoms with van der Waals surface area (Å²) in [6, 6.07) is 11.9. The van der Waals surface area contributed by atoms with Gasteiger partial charge >= 0.3 is 0 Å². The summed E-state index contributed by atoms with van der Waals surface area (Å²) >= 11 is 6.97. The van der Waals surface area contributed by atoms with Gasteiger partial charge in [0.05, 0.1) is 6.10 Å². The molecule has 2 nitrogen and oxygen atoms in total. The fraction of sp³-hybridized carbons (Fsp3) is 0.250. The molecule has 0 aliphatic carbocycles. The van der Waals surface area contributed by atoms with E-state index in [4.69, 9.17) is 4.74 Å². The second-order valence-corrected chi connectivity index (χ2v) is 6.82. The number of ether oxygens (including phenoxy) is 1. The molecule has 2 atom stereocenters. The molecule has 0 fully saturated rings. The highest BCUT2D eigenvalue weighted by Gasteiger charge is 2.28. The lowest BCUT2D eigenvalue weighted by Crippen LogP contribution is -2.19. The topological polar surface area (TPSA) is 29.5 Å². The Hall–Kier alpha value is -0.840. The number of fused-ring (bicyclic) bond motifs is 1. The van der Waals surface area contributed by atoms with Crippen LogP contribution >= 0.6 is 31.9 Å². The molecule has 104 valence electrons. The summed E-state index contributed by atoms with van der Waals surface area (Å²) in [6.07, 6.45) is -0.0456. The van der Waals surface area contributed by atoms with Gasteiger partial charge in [-0.05, 0) is 42.3 Å². The van der Waals surface area contributed by atoms with Gasteiger partial charge in [-0.1, -0.05) is 44.0 Å². The monoisotopic (exact) mass is 396 g/mol. The standard InChI is InChI=1S/C16H14Br2O2/c1-9-2-3-10(6-13(9)18)16-8-14(19)12-7-11(17)4-5-15(12)20-16/h2-7,14,16,19H,8H2,1H3. The second-order valence-electron chi connectivity index (χ2n) is 5.05. The Labute approximate surface area is 135 Å². The number of rotatable bonds is 1. The van der Waals surface area contributed by atoms with Gasteiger partial charge in [0.25, 0.3) is 0 Å². The number of hydrogen-bond donors (Lipinski definition) is 1. The van der Waals surface area contributed by atoms with Gasteiger partial charge in [-0.3, -0.25) is 0 Å². The molecule has 1 aliphatic rings. The van der Waals surface area contributed by atoms with E-state index in [1.165, 1.54) is 5.56 Å². The highest BCUT2D eigenvalue weighted by atomic mass is 79.9. The zero-order valence-electron chi connectivity index (χ0n) is 10.9. The molecule has 2 aromatic carbocycles. The molecule has 1 aliphatic heterocycles. The largest absolute Gasteiger partial charge is 0.485 e. The molecular formula is C16H14Br2O2. The van der Waals surface area contributed by atoms with Crippen LogP contribution in [-0.4, -0.2) is 5.11 Å². The SMILES string of the molecule is Cc1ccc(C2CC(O)c3cc(Br)ccc3O2)cc1Br. The van der Waals surface area contributed by atoms with Crippen LogP contribution in [0.4, 0.5) is 0 Å². The highest BCUT2D eigenvalue weighted by Crippen LogP contribution is 2.42. The molecular weight excluding hydrogens is 384 g/mol. The summed E-state index contributed by atoms with van der Waals surface area (Å²) in [6.45, 7) is 2.05. The van der Waals surface area contributed by atoms with Gasteiger partial charge in [-0.15, -0.1) is 0 Å². The minimum atomic E-state index is -0.499. The van der Waals surface area contributed by atoms with E-state index in [1.807, 2.05) is 18.2 Å². The van der Waals surface area contributed by atoms with Crippen molar-refractivity contribution in [1.29, 1.82) is 0 Å². The van der Waals surface area contributed by atoms with E-state index < -0.39 is 6.10 Å². The van der Waals surface area contributed by atoms with Gasteiger partial charge in [0, 0.05) is 20.9 Å². The van der Waals surface area contributed by atoms with Gasteiger partial charge in [0.2, 0.25) is 0 Å². The molecule has 0 saturated heterocycles. The van der Waals surface area contributed by atoms with Crippen LogP contribution in [0.5, 0.6) is 5.75 Å². The van der Waals surface area contributed by atoms with Gasteiger partial charge < -0.3 is 9.84 Å². The third-order valence-electron chi connectivity index (χ3n) is 3.61. The van der Waals surface area contributed by atoms with Crippen LogP contribution < -0.4 is 4.74 Å². The van der Waals surface area contributed by atoms with Crippen molar-refractivity contribution in [3.8, 4) is 5.75 Å². The average Bonchev–Trinajstić information content (AvgIpc) is 2.42. The van der Waals surface area contributed by atoms with Gasteiger partial charge in [0.1, 0.15) is 11.9 Å². The van der Waals surface area contributed by atoms with E-state index in [-0.39, 0.29) is 6.10 Å². The van der Waals surface area contributed by atoms with Crippen LogP contribution in [0, 0.1) is 6.92 Å². The number of aryl methyl sites for hydroxylation is 1. The highest BCUT2D eigenvalue weighted by molar-refractivity contribution is 9.10. The van der Waals surface area contributed by atoms with Crippen molar-refractivity contribution in [2.24, 2.45) is 0 Å². The van der Waals surface area contributed by atoms with E-state index >= 15 is 0 Å². The second kappa shape index (κ2) is 5.51. The maximum Gasteiger partial charge on any atom is 0.127 e.